The number of piperidine rings is 1. The number of rotatable bonds is 5. The minimum Gasteiger partial charge on any atom is -1.00 e. The first kappa shape index (κ1) is 19.1. The fraction of sp³-hybridized carbons (Fsp3) is 0.474. The SMILES string of the molecule is [Cl-].c1cc(C(=C2CC[NH+](CCC3OCCO3)CC2)c2ccsc2)cs1. The van der Waals surface area contributed by atoms with Crippen molar-refractivity contribution in [1.29, 1.82) is 0 Å². The molecule has 0 atom stereocenters. The van der Waals surface area contributed by atoms with E-state index in [9.17, 15) is 0 Å². The Morgan fingerprint density at radius 3 is 2.12 bits per heavy atom. The standard InChI is InChI=1S/C19H23NO2S2.ClH/c1-6-20(8-3-18-21-9-10-22-18)7-2-15(1)19(16-4-11-23-13-16)17-5-12-24-14-17;/h4-5,11-14,18H,1-3,6-10H2;1H. The van der Waals surface area contributed by atoms with Crippen LogP contribution in [-0.4, -0.2) is 39.1 Å². The Bertz CT molecular complexity index is 617. The van der Waals surface area contributed by atoms with Crippen LogP contribution in [0, 0.1) is 0 Å². The van der Waals surface area contributed by atoms with Crippen molar-refractivity contribution in [1.82, 2.24) is 0 Å². The molecule has 0 spiro atoms. The zero-order valence-corrected chi connectivity index (χ0v) is 16.6. The van der Waals surface area contributed by atoms with Gasteiger partial charge in [-0.25, -0.2) is 0 Å². The summed E-state index contributed by atoms with van der Waals surface area (Å²) in [6, 6.07) is 4.53. The van der Waals surface area contributed by atoms with E-state index in [1.807, 2.05) is 0 Å². The molecular weight excluding hydrogens is 374 g/mol. The van der Waals surface area contributed by atoms with E-state index >= 15 is 0 Å². The highest BCUT2D eigenvalue weighted by Crippen LogP contribution is 2.32. The van der Waals surface area contributed by atoms with Gasteiger partial charge in [0.05, 0.1) is 32.8 Å². The second-order valence-corrected chi connectivity index (χ2v) is 8.02. The topological polar surface area (TPSA) is 22.9 Å². The molecule has 0 radical (unpaired) electrons. The lowest BCUT2D eigenvalue weighted by molar-refractivity contribution is -0.903. The predicted molar refractivity (Wildman–Crippen MR) is 99.8 cm³/mol. The van der Waals surface area contributed by atoms with Crippen LogP contribution >= 0.6 is 22.7 Å². The average molecular weight is 398 g/mol. The number of halogens is 1. The smallest absolute Gasteiger partial charge is 0.163 e. The van der Waals surface area contributed by atoms with Gasteiger partial charge in [0.15, 0.2) is 6.29 Å². The lowest BCUT2D eigenvalue weighted by Gasteiger charge is -2.27. The third-order valence-corrected chi connectivity index (χ3v) is 6.32. The fourth-order valence-electron chi connectivity index (χ4n) is 3.69. The van der Waals surface area contributed by atoms with E-state index in [0.29, 0.717) is 0 Å². The number of nitrogens with one attached hydrogen (secondary N) is 1. The van der Waals surface area contributed by atoms with Gasteiger partial charge in [0.1, 0.15) is 0 Å². The molecule has 0 amide bonds. The first-order valence-electron chi connectivity index (χ1n) is 8.74. The first-order chi connectivity index (χ1) is 11.9. The van der Waals surface area contributed by atoms with Crippen LogP contribution in [0.1, 0.15) is 30.4 Å². The summed E-state index contributed by atoms with van der Waals surface area (Å²) in [6.45, 7) is 5.12. The first-order valence-corrected chi connectivity index (χ1v) is 10.6. The van der Waals surface area contributed by atoms with Crippen LogP contribution in [0.25, 0.3) is 5.57 Å². The van der Waals surface area contributed by atoms with Crippen molar-refractivity contribution in [3.05, 3.63) is 50.4 Å². The van der Waals surface area contributed by atoms with E-state index in [1.54, 1.807) is 33.1 Å². The van der Waals surface area contributed by atoms with Crippen LogP contribution in [0.5, 0.6) is 0 Å². The molecule has 3 nitrogen and oxygen atoms in total. The normalized spacial score (nSPS) is 21.3. The minimum atomic E-state index is 0. The fourth-order valence-corrected chi connectivity index (χ4v) is 4.98. The second-order valence-electron chi connectivity index (χ2n) is 6.46. The summed E-state index contributed by atoms with van der Waals surface area (Å²) in [5, 5.41) is 8.94. The highest BCUT2D eigenvalue weighted by atomic mass is 35.5. The maximum atomic E-state index is 5.56. The Hall–Kier alpha value is -0.690. The molecule has 136 valence electrons. The van der Waals surface area contributed by atoms with Crippen molar-refractivity contribution in [2.75, 3.05) is 32.8 Å². The summed E-state index contributed by atoms with van der Waals surface area (Å²) in [4.78, 5) is 1.69. The van der Waals surface area contributed by atoms with E-state index in [4.69, 9.17) is 9.47 Å². The maximum absolute atomic E-state index is 5.56. The van der Waals surface area contributed by atoms with E-state index in [1.165, 1.54) is 42.6 Å². The average Bonchev–Trinajstić information content (AvgIpc) is 3.38. The monoisotopic (exact) mass is 397 g/mol. The van der Waals surface area contributed by atoms with Crippen LogP contribution < -0.4 is 17.3 Å². The predicted octanol–water partition coefficient (Wildman–Crippen LogP) is 0.0572. The van der Waals surface area contributed by atoms with Crippen molar-refractivity contribution >= 4 is 28.2 Å². The van der Waals surface area contributed by atoms with Gasteiger partial charge in [0, 0.05) is 19.3 Å². The molecule has 4 rings (SSSR count). The van der Waals surface area contributed by atoms with Crippen molar-refractivity contribution in [3.63, 3.8) is 0 Å². The van der Waals surface area contributed by atoms with Gasteiger partial charge in [-0.05, 0) is 50.4 Å². The zero-order valence-electron chi connectivity index (χ0n) is 14.2. The van der Waals surface area contributed by atoms with Gasteiger partial charge >= 0.3 is 0 Å². The lowest BCUT2D eigenvalue weighted by atomic mass is 9.91. The molecule has 1 N–H and O–H groups in total. The summed E-state index contributed by atoms with van der Waals surface area (Å²) in [5.41, 5.74) is 5.90. The van der Waals surface area contributed by atoms with Crippen molar-refractivity contribution in [2.24, 2.45) is 0 Å². The van der Waals surface area contributed by atoms with Crippen molar-refractivity contribution in [2.45, 2.75) is 25.6 Å². The van der Waals surface area contributed by atoms with Gasteiger partial charge in [0.25, 0.3) is 0 Å². The Morgan fingerprint density at radius 1 is 1.00 bits per heavy atom. The Labute approximate surface area is 163 Å². The van der Waals surface area contributed by atoms with E-state index in [-0.39, 0.29) is 18.7 Å². The molecule has 4 heterocycles. The van der Waals surface area contributed by atoms with Crippen LogP contribution in [0.2, 0.25) is 0 Å². The molecule has 0 bridgehead atoms. The quantitative estimate of drug-likeness (QED) is 0.771. The number of hydrogen-bond acceptors (Lipinski definition) is 4. The number of hydrogen-bond donors (Lipinski definition) is 1. The van der Waals surface area contributed by atoms with Crippen LogP contribution in [0.3, 0.4) is 0 Å². The van der Waals surface area contributed by atoms with E-state index in [2.05, 4.69) is 33.7 Å². The molecule has 2 aromatic rings. The van der Waals surface area contributed by atoms with Gasteiger partial charge < -0.3 is 26.8 Å². The Kier molecular flexibility index (Phi) is 7.10. The summed E-state index contributed by atoms with van der Waals surface area (Å²) >= 11 is 3.58. The Balaban J connectivity index is 0.00000182. The molecular formula is C19H24ClNO2S2. The third-order valence-electron chi connectivity index (χ3n) is 4.96. The van der Waals surface area contributed by atoms with E-state index in [0.717, 1.165) is 26.2 Å². The molecule has 2 fully saturated rings. The van der Waals surface area contributed by atoms with Crippen LogP contribution in [0.15, 0.2) is 39.2 Å². The van der Waals surface area contributed by atoms with Gasteiger partial charge in [-0.1, -0.05) is 5.57 Å². The molecule has 2 aliphatic heterocycles. The summed E-state index contributed by atoms with van der Waals surface area (Å²) in [5.74, 6) is 0. The van der Waals surface area contributed by atoms with Gasteiger partial charge in [-0.2, -0.15) is 22.7 Å². The summed E-state index contributed by atoms with van der Waals surface area (Å²) in [6.07, 6.45) is 3.46. The van der Waals surface area contributed by atoms with Crippen molar-refractivity contribution < 1.29 is 26.8 Å². The van der Waals surface area contributed by atoms with Crippen LogP contribution in [-0.2, 0) is 9.47 Å². The third kappa shape index (κ3) is 4.73. The largest absolute Gasteiger partial charge is 1.00 e. The molecule has 0 aliphatic carbocycles. The Morgan fingerprint density at radius 2 is 1.60 bits per heavy atom. The molecule has 0 aromatic carbocycles. The van der Waals surface area contributed by atoms with Crippen LogP contribution in [0.4, 0.5) is 0 Å². The summed E-state index contributed by atoms with van der Waals surface area (Å²) < 4.78 is 11.1. The number of quaternary nitrogens is 1. The molecule has 2 aromatic heterocycles. The highest BCUT2D eigenvalue weighted by Gasteiger charge is 2.24. The van der Waals surface area contributed by atoms with Crippen molar-refractivity contribution in [3.8, 4) is 0 Å². The second kappa shape index (κ2) is 9.31. The number of ether oxygens (including phenoxy) is 2. The van der Waals surface area contributed by atoms with Gasteiger partial charge in [0.2, 0.25) is 0 Å². The maximum Gasteiger partial charge on any atom is 0.163 e. The molecule has 6 heteroatoms. The number of likely N-dealkylation sites (tertiary alicyclic amines) is 1. The molecule has 0 unspecified atom stereocenters. The molecule has 0 saturated carbocycles. The summed E-state index contributed by atoms with van der Waals surface area (Å²) in [7, 11) is 0. The zero-order chi connectivity index (χ0) is 16.2. The minimum absolute atomic E-state index is 0. The van der Waals surface area contributed by atoms with E-state index < -0.39 is 0 Å². The lowest BCUT2D eigenvalue weighted by Crippen LogP contribution is -3.13. The molecule has 25 heavy (non-hydrogen) atoms. The van der Waals surface area contributed by atoms with Gasteiger partial charge in [-0.15, -0.1) is 0 Å². The van der Waals surface area contributed by atoms with Gasteiger partial charge in [-0.3, -0.25) is 0 Å². The highest BCUT2D eigenvalue weighted by molar-refractivity contribution is 7.08. The number of thiophene rings is 2. The molecule has 2 aliphatic rings. The molecule has 2 saturated heterocycles.